The van der Waals surface area contributed by atoms with Crippen LogP contribution in [0.3, 0.4) is 0 Å². The van der Waals surface area contributed by atoms with Crippen molar-refractivity contribution in [2.45, 2.75) is 19.5 Å². The number of furan rings is 1. The van der Waals surface area contributed by atoms with Crippen molar-refractivity contribution >= 4 is 34.5 Å². The Hall–Kier alpha value is -3.84. The molecule has 2 aromatic heterocycles. The molecule has 0 spiro atoms. The number of hydrogen-bond acceptors (Lipinski definition) is 5. The second-order valence-corrected chi connectivity index (χ2v) is 9.11. The largest absolute Gasteiger partial charge is 0.459 e. The molecule has 0 radical (unpaired) electrons. The highest BCUT2D eigenvalue weighted by Crippen LogP contribution is 2.30. The molecule has 0 fully saturated rings. The summed E-state index contributed by atoms with van der Waals surface area (Å²) in [7, 11) is 3.93. The van der Waals surface area contributed by atoms with Crippen molar-refractivity contribution in [3.05, 3.63) is 106 Å². The Kier molecular flexibility index (Phi) is 7.13. The van der Waals surface area contributed by atoms with E-state index in [1.807, 2.05) is 96.9 Å². The quantitative estimate of drug-likeness (QED) is 0.338. The van der Waals surface area contributed by atoms with Crippen LogP contribution in [0.25, 0.3) is 0 Å². The maximum Gasteiger partial charge on any atom is 0.291 e. The van der Waals surface area contributed by atoms with E-state index in [1.165, 1.54) is 17.6 Å². The van der Waals surface area contributed by atoms with Crippen LogP contribution in [0, 0.1) is 0 Å². The minimum Gasteiger partial charge on any atom is -0.459 e. The average molecular weight is 474 g/mol. The zero-order valence-corrected chi connectivity index (χ0v) is 20.2. The number of amides is 2. The van der Waals surface area contributed by atoms with E-state index < -0.39 is 0 Å². The Balaban J connectivity index is 1.68. The van der Waals surface area contributed by atoms with E-state index in [-0.39, 0.29) is 23.6 Å². The SMILES string of the molecule is C[C@@H](c1ccccc1)N(Cc1cc(NC(=O)c2ccco2)ccc1N(C)C)C(=O)c1cccs1. The van der Waals surface area contributed by atoms with Gasteiger partial charge in [0.05, 0.1) is 17.2 Å². The highest BCUT2D eigenvalue weighted by atomic mass is 32.1. The summed E-state index contributed by atoms with van der Waals surface area (Å²) in [5, 5.41) is 4.80. The second kappa shape index (κ2) is 10.4. The second-order valence-electron chi connectivity index (χ2n) is 8.17. The summed E-state index contributed by atoms with van der Waals surface area (Å²) in [5.41, 5.74) is 3.59. The molecule has 0 aliphatic carbocycles. The number of rotatable bonds is 8. The van der Waals surface area contributed by atoms with E-state index in [2.05, 4.69) is 5.32 Å². The molecular formula is C27H27N3O3S. The van der Waals surface area contributed by atoms with E-state index >= 15 is 0 Å². The number of carbonyl (C=O) groups excluding carboxylic acids is 2. The maximum absolute atomic E-state index is 13.6. The first-order valence-electron chi connectivity index (χ1n) is 11.0. The predicted octanol–water partition coefficient (Wildman–Crippen LogP) is 6.06. The number of hydrogen-bond donors (Lipinski definition) is 1. The van der Waals surface area contributed by atoms with Gasteiger partial charge in [-0.25, -0.2) is 0 Å². The van der Waals surface area contributed by atoms with Crippen molar-refractivity contribution in [1.29, 1.82) is 0 Å². The van der Waals surface area contributed by atoms with E-state index in [1.54, 1.807) is 12.1 Å². The lowest BCUT2D eigenvalue weighted by Gasteiger charge is -2.31. The number of anilines is 2. The molecule has 1 atom stereocenters. The molecule has 6 nitrogen and oxygen atoms in total. The molecule has 34 heavy (non-hydrogen) atoms. The molecule has 174 valence electrons. The van der Waals surface area contributed by atoms with Crippen molar-refractivity contribution < 1.29 is 14.0 Å². The van der Waals surface area contributed by atoms with Crippen molar-refractivity contribution in [3.63, 3.8) is 0 Å². The normalized spacial score (nSPS) is 11.6. The highest BCUT2D eigenvalue weighted by Gasteiger charge is 2.25. The minimum absolute atomic E-state index is 0.0268. The lowest BCUT2D eigenvalue weighted by atomic mass is 10.0. The maximum atomic E-state index is 13.6. The minimum atomic E-state index is -0.322. The Morgan fingerprint density at radius 1 is 1.00 bits per heavy atom. The van der Waals surface area contributed by atoms with Crippen molar-refractivity contribution in [3.8, 4) is 0 Å². The van der Waals surface area contributed by atoms with E-state index in [9.17, 15) is 9.59 Å². The first-order valence-corrected chi connectivity index (χ1v) is 11.9. The van der Waals surface area contributed by atoms with Gasteiger partial charge in [-0.05, 0) is 59.8 Å². The van der Waals surface area contributed by atoms with Gasteiger partial charge < -0.3 is 19.5 Å². The van der Waals surface area contributed by atoms with Crippen molar-refractivity contribution in [1.82, 2.24) is 4.90 Å². The summed E-state index contributed by atoms with van der Waals surface area (Å²) >= 11 is 1.43. The summed E-state index contributed by atoms with van der Waals surface area (Å²) in [6.07, 6.45) is 1.47. The molecule has 2 heterocycles. The lowest BCUT2D eigenvalue weighted by Crippen LogP contribution is -2.33. The zero-order chi connectivity index (χ0) is 24.1. The van der Waals surface area contributed by atoms with Crippen LogP contribution in [-0.2, 0) is 6.54 Å². The van der Waals surface area contributed by atoms with E-state index in [4.69, 9.17) is 4.42 Å². The fourth-order valence-corrected chi connectivity index (χ4v) is 4.53. The number of nitrogens with zero attached hydrogens (tertiary/aromatic N) is 2. The number of nitrogens with one attached hydrogen (secondary N) is 1. The van der Waals surface area contributed by atoms with Gasteiger partial charge in [0, 0.05) is 32.0 Å². The summed E-state index contributed by atoms with van der Waals surface area (Å²) < 4.78 is 5.21. The zero-order valence-electron chi connectivity index (χ0n) is 19.4. The number of thiophene rings is 1. The first kappa shape index (κ1) is 23.3. The van der Waals surface area contributed by atoms with E-state index in [0.717, 1.165) is 16.8 Å². The van der Waals surface area contributed by atoms with Crippen LogP contribution < -0.4 is 10.2 Å². The highest BCUT2D eigenvalue weighted by molar-refractivity contribution is 7.12. The van der Waals surface area contributed by atoms with Crippen LogP contribution >= 0.6 is 11.3 Å². The predicted molar refractivity (Wildman–Crippen MR) is 136 cm³/mol. The van der Waals surface area contributed by atoms with Gasteiger partial charge in [0.1, 0.15) is 0 Å². The van der Waals surface area contributed by atoms with Crippen LogP contribution in [0.1, 0.15) is 44.3 Å². The third-order valence-corrected chi connectivity index (χ3v) is 6.50. The molecule has 2 amide bonds. The van der Waals surface area contributed by atoms with Gasteiger partial charge in [-0.1, -0.05) is 36.4 Å². The van der Waals surface area contributed by atoms with Gasteiger partial charge in [0.2, 0.25) is 0 Å². The van der Waals surface area contributed by atoms with Gasteiger partial charge in [-0.15, -0.1) is 11.3 Å². The Morgan fingerprint density at radius 2 is 1.79 bits per heavy atom. The standard InChI is InChI=1S/C27H27N3O3S/c1-19(20-9-5-4-6-10-20)30(27(32)25-12-8-16-34-25)18-21-17-22(13-14-23(21)29(2)3)28-26(31)24-11-7-15-33-24/h4-17,19H,18H2,1-3H3,(H,28,31)/t19-/m0/s1. The van der Waals surface area contributed by atoms with Gasteiger partial charge in [0.25, 0.3) is 11.8 Å². The molecular weight excluding hydrogens is 446 g/mol. The average Bonchev–Trinajstić information content (AvgIpc) is 3.57. The molecule has 7 heteroatoms. The molecule has 0 saturated carbocycles. The third-order valence-electron chi connectivity index (χ3n) is 5.65. The van der Waals surface area contributed by atoms with Gasteiger partial charge in [-0.2, -0.15) is 0 Å². The Morgan fingerprint density at radius 3 is 2.44 bits per heavy atom. The van der Waals surface area contributed by atoms with Crippen LogP contribution in [0.15, 0.2) is 88.9 Å². The summed E-state index contributed by atoms with van der Waals surface area (Å²) in [4.78, 5) is 30.6. The molecule has 1 N–H and O–H groups in total. The van der Waals surface area contributed by atoms with E-state index in [0.29, 0.717) is 17.1 Å². The van der Waals surface area contributed by atoms with Gasteiger partial charge >= 0.3 is 0 Å². The third kappa shape index (κ3) is 5.21. The Bertz CT molecular complexity index is 1240. The Labute approximate surface area is 203 Å². The van der Waals surface area contributed by atoms with Crippen LogP contribution in [0.5, 0.6) is 0 Å². The molecule has 2 aromatic carbocycles. The fraction of sp³-hybridized carbons (Fsp3) is 0.185. The molecule has 0 aliphatic heterocycles. The van der Waals surface area contributed by atoms with Gasteiger partial charge in [0.15, 0.2) is 5.76 Å². The van der Waals surface area contributed by atoms with Crippen LogP contribution in [-0.4, -0.2) is 30.8 Å². The van der Waals surface area contributed by atoms with Crippen molar-refractivity contribution in [2.24, 2.45) is 0 Å². The summed E-state index contributed by atoms with van der Waals surface area (Å²) in [5.74, 6) is -0.107. The number of benzene rings is 2. The molecule has 4 aromatic rings. The molecule has 0 bridgehead atoms. The summed E-state index contributed by atoms with van der Waals surface area (Å²) in [6, 6.07) is 22.6. The number of carbonyl (C=O) groups is 2. The molecule has 0 saturated heterocycles. The first-order chi connectivity index (χ1) is 16.4. The topological polar surface area (TPSA) is 65.8 Å². The molecule has 4 rings (SSSR count). The van der Waals surface area contributed by atoms with Gasteiger partial charge in [-0.3, -0.25) is 9.59 Å². The smallest absolute Gasteiger partial charge is 0.291 e. The monoisotopic (exact) mass is 473 g/mol. The fourth-order valence-electron chi connectivity index (χ4n) is 3.85. The molecule has 0 unspecified atom stereocenters. The van der Waals surface area contributed by atoms with Crippen molar-refractivity contribution in [2.75, 3.05) is 24.3 Å². The molecule has 0 aliphatic rings. The summed E-state index contributed by atoms with van der Waals surface area (Å²) in [6.45, 7) is 2.42. The lowest BCUT2D eigenvalue weighted by molar-refractivity contribution is 0.0679. The van der Waals surface area contributed by atoms with Crippen LogP contribution in [0.4, 0.5) is 11.4 Å². The van der Waals surface area contributed by atoms with Crippen LogP contribution in [0.2, 0.25) is 0 Å².